The number of carbonyl (C=O) groups excluding carboxylic acids is 1. The maximum absolute atomic E-state index is 12.5. The van der Waals surface area contributed by atoms with Crippen molar-refractivity contribution in [3.63, 3.8) is 0 Å². The second kappa shape index (κ2) is 8.30. The Bertz CT molecular complexity index is 728. The minimum atomic E-state index is -0.120. The molecular formula is C19H22ClN3O2. The summed E-state index contributed by atoms with van der Waals surface area (Å²) in [6, 6.07) is 5.72. The van der Waals surface area contributed by atoms with E-state index in [0.717, 1.165) is 24.0 Å². The number of rotatable bonds is 5. The van der Waals surface area contributed by atoms with E-state index in [1.54, 1.807) is 31.6 Å². The third kappa shape index (κ3) is 4.69. The summed E-state index contributed by atoms with van der Waals surface area (Å²) in [5, 5.41) is 3.56. The number of methoxy groups -OCH3 is 1. The van der Waals surface area contributed by atoms with Gasteiger partial charge in [-0.25, -0.2) is 9.97 Å². The van der Waals surface area contributed by atoms with E-state index < -0.39 is 0 Å². The van der Waals surface area contributed by atoms with Crippen LogP contribution in [-0.2, 0) is 6.42 Å². The van der Waals surface area contributed by atoms with E-state index in [-0.39, 0.29) is 11.9 Å². The molecule has 0 aromatic carbocycles. The number of amides is 1. The first kappa shape index (κ1) is 17.7. The first-order chi connectivity index (χ1) is 12.2. The molecular weight excluding hydrogens is 338 g/mol. The van der Waals surface area contributed by atoms with Gasteiger partial charge in [0.2, 0.25) is 0 Å². The molecule has 0 saturated heterocycles. The van der Waals surface area contributed by atoms with Crippen LogP contribution in [0.15, 0.2) is 30.6 Å². The third-order valence-electron chi connectivity index (χ3n) is 4.52. The van der Waals surface area contributed by atoms with Crippen LogP contribution in [0.1, 0.15) is 53.7 Å². The van der Waals surface area contributed by atoms with Gasteiger partial charge in [0, 0.05) is 24.2 Å². The zero-order valence-corrected chi connectivity index (χ0v) is 15.1. The largest absolute Gasteiger partial charge is 0.495 e. The molecule has 0 bridgehead atoms. The fraction of sp³-hybridized carbons (Fsp3) is 0.421. The summed E-state index contributed by atoms with van der Waals surface area (Å²) in [4.78, 5) is 20.9. The van der Waals surface area contributed by atoms with E-state index in [4.69, 9.17) is 16.3 Å². The molecule has 0 spiro atoms. The molecule has 6 heteroatoms. The van der Waals surface area contributed by atoms with Crippen molar-refractivity contribution in [3.05, 3.63) is 52.6 Å². The summed E-state index contributed by atoms with van der Waals surface area (Å²) in [6.45, 7) is 0. The molecule has 3 rings (SSSR count). The van der Waals surface area contributed by atoms with Crippen LogP contribution in [0.3, 0.4) is 0 Å². The third-order valence-corrected chi connectivity index (χ3v) is 4.75. The van der Waals surface area contributed by atoms with Gasteiger partial charge in [0.1, 0.15) is 16.6 Å². The van der Waals surface area contributed by atoms with Gasteiger partial charge in [-0.3, -0.25) is 4.79 Å². The predicted molar refractivity (Wildman–Crippen MR) is 97.2 cm³/mol. The fourth-order valence-corrected chi connectivity index (χ4v) is 3.28. The number of nitrogens with one attached hydrogen (secondary N) is 1. The molecule has 1 aliphatic carbocycles. The maximum atomic E-state index is 12.5. The molecule has 1 amide bonds. The molecule has 1 N–H and O–H groups in total. The standard InChI is InChI=1S/C19H22ClN3O2/c1-25-17-12-21-16(19(24)23-15-5-3-2-4-6-15)10-14(17)9-13-7-8-18(20)22-11-13/h7-8,10-12,15H,2-6,9H2,1H3,(H,23,24). The van der Waals surface area contributed by atoms with Gasteiger partial charge in [0.05, 0.1) is 13.3 Å². The number of aromatic nitrogens is 2. The zero-order chi connectivity index (χ0) is 17.6. The van der Waals surface area contributed by atoms with Crippen molar-refractivity contribution in [2.45, 2.75) is 44.6 Å². The lowest BCUT2D eigenvalue weighted by molar-refractivity contribution is 0.0922. The molecule has 0 unspecified atom stereocenters. The Morgan fingerprint density at radius 2 is 2.04 bits per heavy atom. The molecule has 0 aliphatic heterocycles. The van der Waals surface area contributed by atoms with E-state index in [0.29, 0.717) is 23.0 Å². The van der Waals surface area contributed by atoms with Crippen LogP contribution >= 0.6 is 11.6 Å². The van der Waals surface area contributed by atoms with Crippen molar-refractivity contribution in [3.8, 4) is 5.75 Å². The number of halogens is 1. The van der Waals surface area contributed by atoms with Crippen LogP contribution in [0.25, 0.3) is 0 Å². The van der Waals surface area contributed by atoms with Crippen LogP contribution in [-0.4, -0.2) is 29.0 Å². The normalized spacial score (nSPS) is 15.0. The molecule has 1 fully saturated rings. The van der Waals surface area contributed by atoms with Gasteiger partial charge in [0.15, 0.2) is 0 Å². The average molecular weight is 360 g/mol. The monoisotopic (exact) mass is 359 g/mol. The lowest BCUT2D eigenvalue weighted by Gasteiger charge is -2.22. The van der Waals surface area contributed by atoms with Gasteiger partial charge in [-0.2, -0.15) is 0 Å². The number of hydrogen-bond donors (Lipinski definition) is 1. The second-order valence-corrected chi connectivity index (χ2v) is 6.74. The Morgan fingerprint density at radius 1 is 1.24 bits per heavy atom. The maximum Gasteiger partial charge on any atom is 0.270 e. The number of carbonyl (C=O) groups is 1. The van der Waals surface area contributed by atoms with E-state index in [2.05, 4.69) is 15.3 Å². The van der Waals surface area contributed by atoms with Gasteiger partial charge in [0.25, 0.3) is 5.91 Å². The summed E-state index contributed by atoms with van der Waals surface area (Å²) >= 11 is 5.83. The van der Waals surface area contributed by atoms with E-state index in [1.165, 1.54) is 19.3 Å². The highest BCUT2D eigenvalue weighted by atomic mass is 35.5. The van der Waals surface area contributed by atoms with Crippen molar-refractivity contribution in [2.75, 3.05) is 7.11 Å². The Labute approximate surface area is 152 Å². The molecule has 1 aliphatic rings. The van der Waals surface area contributed by atoms with Crippen molar-refractivity contribution in [2.24, 2.45) is 0 Å². The van der Waals surface area contributed by atoms with Crippen molar-refractivity contribution < 1.29 is 9.53 Å². The summed E-state index contributed by atoms with van der Waals surface area (Å²) in [5.41, 5.74) is 2.31. The zero-order valence-electron chi connectivity index (χ0n) is 14.3. The minimum Gasteiger partial charge on any atom is -0.495 e. The smallest absolute Gasteiger partial charge is 0.270 e. The summed E-state index contributed by atoms with van der Waals surface area (Å²) in [7, 11) is 1.60. The molecule has 2 heterocycles. The number of nitrogens with zero attached hydrogens (tertiary/aromatic N) is 2. The Balaban J connectivity index is 1.76. The topological polar surface area (TPSA) is 64.1 Å². The molecule has 0 radical (unpaired) electrons. The predicted octanol–water partition coefficient (Wildman–Crippen LogP) is 3.79. The number of ether oxygens (including phenoxy) is 1. The van der Waals surface area contributed by atoms with Crippen molar-refractivity contribution in [1.82, 2.24) is 15.3 Å². The molecule has 2 aromatic heterocycles. The Morgan fingerprint density at radius 3 is 2.72 bits per heavy atom. The van der Waals surface area contributed by atoms with Gasteiger partial charge in [-0.1, -0.05) is 36.9 Å². The molecule has 0 atom stereocenters. The highest BCUT2D eigenvalue weighted by molar-refractivity contribution is 6.29. The average Bonchev–Trinajstić information content (AvgIpc) is 2.64. The van der Waals surface area contributed by atoms with Crippen LogP contribution in [0, 0.1) is 0 Å². The van der Waals surface area contributed by atoms with Gasteiger partial charge in [-0.05, 0) is 30.5 Å². The molecule has 5 nitrogen and oxygen atoms in total. The van der Waals surface area contributed by atoms with Crippen molar-refractivity contribution >= 4 is 17.5 Å². The lowest BCUT2D eigenvalue weighted by Crippen LogP contribution is -2.36. The molecule has 25 heavy (non-hydrogen) atoms. The quantitative estimate of drug-likeness (QED) is 0.825. The minimum absolute atomic E-state index is 0.120. The summed E-state index contributed by atoms with van der Waals surface area (Å²) in [6.07, 6.45) is 9.63. The fourth-order valence-electron chi connectivity index (χ4n) is 3.17. The van der Waals surface area contributed by atoms with E-state index >= 15 is 0 Å². The van der Waals surface area contributed by atoms with Gasteiger partial charge < -0.3 is 10.1 Å². The van der Waals surface area contributed by atoms with Crippen LogP contribution in [0.2, 0.25) is 5.15 Å². The Hall–Kier alpha value is -2.14. The molecule has 1 saturated carbocycles. The van der Waals surface area contributed by atoms with Gasteiger partial charge in [-0.15, -0.1) is 0 Å². The molecule has 132 valence electrons. The van der Waals surface area contributed by atoms with Crippen molar-refractivity contribution in [1.29, 1.82) is 0 Å². The summed E-state index contributed by atoms with van der Waals surface area (Å²) < 4.78 is 5.39. The van der Waals surface area contributed by atoms with E-state index in [9.17, 15) is 4.79 Å². The number of pyridine rings is 2. The SMILES string of the molecule is COc1cnc(C(=O)NC2CCCCC2)cc1Cc1ccc(Cl)nc1. The Kier molecular flexibility index (Phi) is 5.87. The van der Waals surface area contributed by atoms with Crippen LogP contribution in [0.5, 0.6) is 5.75 Å². The number of hydrogen-bond acceptors (Lipinski definition) is 4. The summed E-state index contributed by atoms with van der Waals surface area (Å²) in [5.74, 6) is 0.536. The van der Waals surface area contributed by atoms with Gasteiger partial charge >= 0.3 is 0 Å². The highest BCUT2D eigenvalue weighted by Gasteiger charge is 2.18. The molecule has 2 aromatic rings. The van der Waals surface area contributed by atoms with E-state index in [1.807, 2.05) is 6.07 Å². The highest BCUT2D eigenvalue weighted by Crippen LogP contribution is 2.22. The van der Waals surface area contributed by atoms with Crippen LogP contribution in [0.4, 0.5) is 0 Å². The second-order valence-electron chi connectivity index (χ2n) is 6.36. The first-order valence-electron chi connectivity index (χ1n) is 8.60. The van der Waals surface area contributed by atoms with Crippen LogP contribution < -0.4 is 10.1 Å². The first-order valence-corrected chi connectivity index (χ1v) is 8.97. The lowest BCUT2D eigenvalue weighted by atomic mass is 9.95.